The molecule has 0 aliphatic rings. The smallest absolute Gasteiger partial charge is 0.332 e. The number of hydrogen-bond acceptors (Lipinski definition) is 5. The number of benzene rings is 1. The molecule has 0 fully saturated rings. The van der Waals surface area contributed by atoms with E-state index in [-0.39, 0.29) is 5.57 Å². The van der Waals surface area contributed by atoms with Crippen molar-refractivity contribution in [1.82, 2.24) is 0 Å². The maximum atomic E-state index is 12.8. The Labute approximate surface area is 158 Å². The Morgan fingerprint density at radius 2 is 1.38 bits per heavy atom. The second-order valence-corrected chi connectivity index (χ2v) is 16.2. The fourth-order valence-corrected chi connectivity index (χ4v) is 3.41. The van der Waals surface area contributed by atoms with Gasteiger partial charge in [0.25, 0.3) is 0 Å². The zero-order valence-electron chi connectivity index (χ0n) is 16.8. The molecule has 0 N–H and O–H groups in total. The minimum atomic E-state index is -2.17. The van der Waals surface area contributed by atoms with Gasteiger partial charge in [0.15, 0.2) is 0 Å². The molecule has 7 heteroatoms. The van der Waals surface area contributed by atoms with E-state index in [4.69, 9.17) is 13.6 Å². The molecular formula is C19H30O5Si2. The van der Waals surface area contributed by atoms with Crippen molar-refractivity contribution in [1.29, 1.82) is 0 Å². The van der Waals surface area contributed by atoms with Gasteiger partial charge in [0, 0.05) is 5.56 Å². The van der Waals surface area contributed by atoms with Gasteiger partial charge in [0.2, 0.25) is 16.6 Å². The minimum Gasteiger partial charge on any atom is -0.516 e. The average Bonchev–Trinajstić information content (AvgIpc) is 2.58. The maximum absolute atomic E-state index is 12.8. The average molecular weight is 395 g/mol. The van der Waals surface area contributed by atoms with Gasteiger partial charge in [-0.05, 0) is 50.4 Å². The number of methoxy groups -OCH3 is 1. The first kappa shape index (κ1) is 22.2. The standard InChI is InChI=1S/C19H30O5Si2/c1-8-25(4,5)23-18(20)16(19(21)24-26(6,7)9-2)14-15-12-10-11-13-17(15)22-3/h10-14H,8-9H2,1-7H3. The van der Waals surface area contributed by atoms with Gasteiger partial charge in [0.1, 0.15) is 11.3 Å². The molecule has 0 amide bonds. The van der Waals surface area contributed by atoms with Gasteiger partial charge in [-0.2, -0.15) is 0 Å². The lowest BCUT2D eigenvalue weighted by molar-refractivity contribution is -0.138. The summed E-state index contributed by atoms with van der Waals surface area (Å²) in [6.45, 7) is 11.7. The quantitative estimate of drug-likeness (QED) is 0.279. The molecule has 0 saturated heterocycles. The Morgan fingerprint density at radius 3 is 1.81 bits per heavy atom. The number of carbonyl (C=O) groups is 2. The SMILES string of the molecule is CC[Si](C)(C)OC(=O)C(=Cc1ccccc1OC)C(=O)O[Si](C)(C)CC. The maximum Gasteiger partial charge on any atom is 0.332 e. The molecule has 0 saturated carbocycles. The van der Waals surface area contributed by atoms with Crippen molar-refractivity contribution in [2.24, 2.45) is 0 Å². The summed E-state index contributed by atoms with van der Waals surface area (Å²) in [6.07, 6.45) is 1.50. The first-order chi connectivity index (χ1) is 12.0. The predicted octanol–water partition coefficient (Wildman–Crippen LogP) is 4.62. The summed E-state index contributed by atoms with van der Waals surface area (Å²) in [7, 11) is -2.80. The van der Waals surface area contributed by atoms with Crippen molar-refractivity contribution in [2.75, 3.05) is 7.11 Å². The Balaban J connectivity index is 3.31. The van der Waals surface area contributed by atoms with Crippen LogP contribution in [-0.2, 0) is 18.4 Å². The summed E-state index contributed by atoms with van der Waals surface area (Å²) in [5.74, 6) is -0.676. The van der Waals surface area contributed by atoms with E-state index in [0.717, 1.165) is 12.1 Å². The number of rotatable bonds is 8. The molecule has 0 aliphatic carbocycles. The molecular weight excluding hydrogens is 364 g/mol. The van der Waals surface area contributed by atoms with Gasteiger partial charge in [-0.1, -0.05) is 32.0 Å². The number of carbonyl (C=O) groups excluding carboxylic acids is 2. The van der Waals surface area contributed by atoms with Crippen LogP contribution in [0.2, 0.25) is 38.3 Å². The van der Waals surface area contributed by atoms with Crippen LogP contribution < -0.4 is 4.74 Å². The van der Waals surface area contributed by atoms with Crippen LogP contribution in [-0.4, -0.2) is 35.7 Å². The fourth-order valence-electron chi connectivity index (χ4n) is 1.90. The molecule has 1 aromatic carbocycles. The normalized spacial score (nSPS) is 11.5. The van der Waals surface area contributed by atoms with Crippen LogP contribution in [0, 0.1) is 0 Å². The second kappa shape index (κ2) is 9.18. The van der Waals surface area contributed by atoms with E-state index >= 15 is 0 Å². The van der Waals surface area contributed by atoms with Gasteiger partial charge in [-0.25, -0.2) is 9.59 Å². The van der Waals surface area contributed by atoms with E-state index in [1.54, 1.807) is 19.2 Å². The summed E-state index contributed by atoms with van der Waals surface area (Å²) < 4.78 is 16.7. The summed E-state index contributed by atoms with van der Waals surface area (Å²) in [5.41, 5.74) is 0.545. The van der Waals surface area contributed by atoms with Crippen molar-refractivity contribution in [3.05, 3.63) is 35.4 Å². The van der Waals surface area contributed by atoms with Gasteiger partial charge in [-0.3, -0.25) is 0 Å². The van der Waals surface area contributed by atoms with Crippen LogP contribution in [0.4, 0.5) is 0 Å². The van der Waals surface area contributed by atoms with Crippen LogP contribution >= 0.6 is 0 Å². The molecule has 144 valence electrons. The lowest BCUT2D eigenvalue weighted by Gasteiger charge is -2.24. The van der Waals surface area contributed by atoms with E-state index < -0.39 is 28.6 Å². The lowest BCUT2D eigenvalue weighted by atomic mass is 10.1. The Hall–Kier alpha value is -1.87. The highest BCUT2D eigenvalue weighted by molar-refractivity contribution is 6.74. The third kappa shape index (κ3) is 6.46. The molecule has 1 aromatic rings. The van der Waals surface area contributed by atoms with Crippen LogP contribution in [0.25, 0.3) is 6.08 Å². The largest absolute Gasteiger partial charge is 0.516 e. The molecule has 5 nitrogen and oxygen atoms in total. The highest BCUT2D eigenvalue weighted by Gasteiger charge is 2.33. The molecule has 0 spiro atoms. The number of para-hydroxylation sites is 1. The van der Waals surface area contributed by atoms with Crippen LogP contribution in [0.3, 0.4) is 0 Å². The third-order valence-corrected chi connectivity index (χ3v) is 9.20. The summed E-state index contributed by atoms with van der Waals surface area (Å²) in [4.78, 5) is 25.5. The predicted molar refractivity (Wildman–Crippen MR) is 109 cm³/mol. The summed E-state index contributed by atoms with van der Waals surface area (Å²) in [5, 5.41) is 0. The third-order valence-electron chi connectivity index (χ3n) is 4.32. The van der Waals surface area contributed by atoms with E-state index in [9.17, 15) is 9.59 Å². The van der Waals surface area contributed by atoms with Gasteiger partial charge < -0.3 is 13.6 Å². The molecule has 0 radical (unpaired) electrons. The summed E-state index contributed by atoms with van der Waals surface area (Å²) in [6, 6.07) is 8.74. The molecule has 0 bridgehead atoms. The van der Waals surface area contributed by atoms with Gasteiger partial charge in [0.05, 0.1) is 7.11 Å². The molecule has 26 heavy (non-hydrogen) atoms. The zero-order chi connectivity index (χ0) is 20.0. The Morgan fingerprint density at radius 1 is 0.923 bits per heavy atom. The first-order valence-corrected chi connectivity index (χ1v) is 15.1. The van der Waals surface area contributed by atoms with Gasteiger partial charge >= 0.3 is 11.9 Å². The fraction of sp³-hybridized carbons (Fsp3) is 0.474. The molecule has 0 heterocycles. The van der Waals surface area contributed by atoms with E-state index in [0.29, 0.717) is 11.3 Å². The first-order valence-electron chi connectivity index (χ1n) is 8.86. The van der Waals surface area contributed by atoms with Crippen molar-refractivity contribution in [2.45, 2.75) is 52.1 Å². The highest BCUT2D eigenvalue weighted by atomic mass is 28.4. The monoisotopic (exact) mass is 394 g/mol. The lowest BCUT2D eigenvalue weighted by Crippen LogP contribution is -2.37. The van der Waals surface area contributed by atoms with Crippen molar-refractivity contribution >= 4 is 34.6 Å². The molecule has 0 aliphatic heterocycles. The van der Waals surface area contributed by atoms with E-state index in [1.165, 1.54) is 6.08 Å². The van der Waals surface area contributed by atoms with Crippen LogP contribution in [0.15, 0.2) is 29.8 Å². The zero-order valence-corrected chi connectivity index (χ0v) is 18.8. The van der Waals surface area contributed by atoms with Crippen LogP contribution in [0.5, 0.6) is 5.75 Å². The topological polar surface area (TPSA) is 61.8 Å². The van der Waals surface area contributed by atoms with Crippen LogP contribution in [0.1, 0.15) is 19.4 Å². The number of ether oxygens (including phenoxy) is 1. The second-order valence-electron chi connectivity index (χ2n) is 7.31. The van der Waals surface area contributed by atoms with Gasteiger partial charge in [-0.15, -0.1) is 0 Å². The molecule has 1 rings (SSSR count). The van der Waals surface area contributed by atoms with E-state index in [1.807, 2.05) is 52.2 Å². The highest BCUT2D eigenvalue weighted by Crippen LogP contribution is 2.24. The number of hydrogen-bond donors (Lipinski definition) is 0. The minimum absolute atomic E-state index is 0.0856. The molecule has 0 unspecified atom stereocenters. The van der Waals surface area contributed by atoms with Crippen molar-refractivity contribution < 1.29 is 23.2 Å². The van der Waals surface area contributed by atoms with E-state index in [2.05, 4.69) is 0 Å². The summed E-state index contributed by atoms with van der Waals surface area (Å²) >= 11 is 0. The molecule has 0 aromatic heterocycles. The Bertz CT molecular complexity index is 648. The van der Waals surface area contributed by atoms with Crippen molar-refractivity contribution in [3.63, 3.8) is 0 Å². The Kier molecular flexibility index (Phi) is 7.83. The molecule has 0 atom stereocenters. The van der Waals surface area contributed by atoms with Crippen molar-refractivity contribution in [3.8, 4) is 5.75 Å².